The molecule has 0 aliphatic carbocycles. The molecule has 0 spiro atoms. The van der Waals surface area contributed by atoms with Gasteiger partial charge in [0.2, 0.25) is 0 Å². The molecule has 0 aliphatic rings. The highest BCUT2D eigenvalue weighted by molar-refractivity contribution is 7.47. The zero-order valence-electron chi connectivity index (χ0n) is 40.4. The number of carbonyl (C=O) groups is 1. The molecule has 0 aromatic carbocycles. The zero-order valence-corrected chi connectivity index (χ0v) is 41.3. The second-order valence-corrected chi connectivity index (χ2v) is 19.2. The van der Waals surface area contributed by atoms with Gasteiger partial charge >= 0.3 is 13.8 Å². The Labute approximate surface area is 378 Å². The van der Waals surface area contributed by atoms with Crippen molar-refractivity contribution in [1.82, 2.24) is 0 Å². The summed E-state index contributed by atoms with van der Waals surface area (Å²) < 4.78 is 33.6. The first-order valence-electron chi connectivity index (χ1n) is 26.3. The Bertz CT molecular complexity index is 993. The molecule has 0 saturated heterocycles. The molecule has 0 rings (SSSR count). The molecule has 0 aliphatic heterocycles. The highest BCUT2D eigenvalue weighted by atomic mass is 31.2. The van der Waals surface area contributed by atoms with E-state index < -0.39 is 13.9 Å². The SMILES string of the molecule is CCCCC/C=C\C/C=C\CCCCCCCCCCCCOCC(COP(=O)(O)OCCN)OC(=O)CCCCCCCCCCCCCCCCCCCCCCCC. The Morgan fingerprint density at radius 1 is 0.492 bits per heavy atom. The summed E-state index contributed by atoms with van der Waals surface area (Å²) in [4.78, 5) is 22.6. The molecule has 0 bridgehead atoms. The van der Waals surface area contributed by atoms with Crippen LogP contribution in [0.4, 0.5) is 0 Å². The third kappa shape index (κ3) is 49.8. The van der Waals surface area contributed by atoms with Crippen molar-refractivity contribution in [3.63, 3.8) is 0 Å². The summed E-state index contributed by atoms with van der Waals surface area (Å²) in [5.41, 5.74) is 5.39. The number of unbranched alkanes of at least 4 members (excludes halogenated alkanes) is 34. The number of hydrogen-bond acceptors (Lipinski definition) is 7. The summed E-state index contributed by atoms with van der Waals surface area (Å²) in [5.74, 6) is -0.325. The first-order chi connectivity index (χ1) is 29.9. The molecule has 0 radical (unpaired) electrons. The topological polar surface area (TPSA) is 117 Å². The second kappa shape index (κ2) is 50.0. The second-order valence-electron chi connectivity index (χ2n) is 17.7. The Morgan fingerprint density at radius 3 is 1.31 bits per heavy atom. The fourth-order valence-corrected chi connectivity index (χ4v) is 8.50. The number of rotatable bonds is 51. The van der Waals surface area contributed by atoms with Crippen molar-refractivity contribution in [2.45, 2.75) is 270 Å². The third-order valence-corrected chi connectivity index (χ3v) is 12.6. The lowest BCUT2D eigenvalue weighted by Gasteiger charge is -2.20. The fraction of sp³-hybridized carbons (Fsp3) is 0.904. The Balaban J connectivity index is 3.89. The van der Waals surface area contributed by atoms with Crippen molar-refractivity contribution in [3.05, 3.63) is 24.3 Å². The van der Waals surface area contributed by atoms with E-state index in [2.05, 4.69) is 38.2 Å². The molecule has 0 saturated carbocycles. The number of allylic oxidation sites excluding steroid dienone is 4. The van der Waals surface area contributed by atoms with Crippen LogP contribution >= 0.6 is 7.82 Å². The predicted molar refractivity (Wildman–Crippen MR) is 261 cm³/mol. The Kier molecular flexibility index (Phi) is 49.2. The normalized spacial score (nSPS) is 13.4. The standard InChI is InChI=1S/C52H102NO7P/c1-3-5-7-9-11-13-15-17-19-21-23-25-26-27-29-31-33-35-37-39-41-43-45-52(54)60-51(50-59-61(55,56)58-48-46-53)49-57-47-44-42-40-38-36-34-32-30-28-24-22-20-18-16-14-12-10-8-6-4-2/h12,14,18,20,51H,3-11,13,15-17,19,21-50,53H2,1-2H3,(H,55,56)/b14-12-,20-18-. The summed E-state index contributed by atoms with van der Waals surface area (Å²) in [6.07, 6.45) is 57.8. The van der Waals surface area contributed by atoms with Crippen LogP contribution in [-0.2, 0) is 27.9 Å². The van der Waals surface area contributed by atoms with Crippen LogP contribution in [0.25, 0.3) is 0 Å². The number of hydrogen-bond donors (Lipinski definition) is 2. The first kappa shape index (κ1) is 60.0. The van der Waals surface area contributed by atoms with Crippen LogP contribution in [0, 0.1) is 0 Å². The summed E-state index contributed by atoms with van der Waals surface area (Å²) in [6, 6.07) is 0. The van der Waals surface area contributed by atoms with E-state index in [9.17, 15) is 14.3 Å². The maximum Gasteiger partial charge on any atom is 0.472 e. The molecular formula is C52H102NO7P. The molecule has 2 atom stereocenters. The molecule has 0 amide bonds. The summed E-state index contributed by atoms with van der Waals surface area (Å²) in [5, 5.41) is 0. The minimum atomic E-state index is -4.28. The van der Waals surface area contributed by atoms with Crippen LogP contribution in [0.1, 0.15) is 264 Å². The largest absolute Gasteiger partial charge is 0.472 e. The van der Waals surface area contributed by atoms with Crippen molar-refractivity contribution in [3.8, 4) is 0 Å². The number of nitrogens with two attached hydrogens (primary N) is 1. The maximum absolute atomic E-state index is 12.7. The van der Waals surface area contributed by atoms with Crippen molar-refractivity contribution in [2.75, 3.05) is 33.0 Å². The number of ether oxygens (including phenoxy) is 2. The Hall–Kier alpha value is -1.02. The molecule has 3 N–H and O–H groups in total. The van der Waals surface area contributed by atoms with Gasteiger partial charge in [-0.2, -0.15) is 0 Å². The minimum Gasteiger partial charge on any atom is -0.457 e. The lowest BCUT2D eigenvalue weighted by atomic mass is 10.0. The molecule has 2 unspecified atom stereocenters. The van der Waals surface area contributed by atoms with Gasteiger partial charge in [-0.05, 0) is 44.9 Å². The van der Waals surface area contributed by atoms with Gasteiger partial charge in [-0.15, -0.1) is 0 Å². The van der Waals surface area contributed by atoms with E-state index in [0.717, 1.165) is 38.5 Å². The Morgan fingerprint density at radius 2 is 0.869 bits per heavy atom. The molecular weight excluding hydrogens is 782 g/mol. The van der Waals surface area contributed by atoms with Gasteiger partial charge in [0, 0.05) is 19.6 Å². The van der Waals surface area contributed by atoms with Gasteiger partial charge in [0.05, 0.1) is 19.8 Å². The summed E-state index contributed by atoms with van der Waals surface area (Å²) in [6.45, 7) is 4.95. The third-order valence-electron chi connectivity index (χ3n) is 11.6. The molecule has 8 nitrogen and oxygen atoms in total. The summed E-state index contributed by atoms with van der Waals surface area (Å²) >= 11 is 0. The van der Waals surface area contributed by atoms with Gasteiger partial charge in [-0.25, -0.2) is 4.57 Å². The van der Waals surface area contributed by atoms with E-state index in [-0.39, 0.29) is 32.3 Å². The predicted octanol–water partition coefficient (Wildman–Crippen LogP) is 16.4. The lowest BCUT2D eigenvalue weighted by molar-refractivity contribution is -0.154. The number of phosphoric ester groups is 1. The first-order valence-corrected chi connectivity index (χ1v) is 27.8. The van der Waals surface area contributed by atoms with E-state index in [4.69, 9.17) is 24.3 Å². The van der Waals surface area contributed by atoms with Crippen LogP contribution < -0.4 is 5.73 Å². The molecule has 0 aromatic heterocycles. The van der Waals surface area contributed by atoms with E-state index in [1.54, 1.807) is 0 Å². The smallest absolute Gasteiger partial charge is 0.457 e. The molecule has 362 valence electrons. The van der Waals surface area contributed by atoms with Gasteiger partial charge in [-0.1, -0.05) is 237 Å². The average molecular weight is 884 g/mol. The molecule has 61 heavy (non-hydrogen) atoms. The fourth-order valence-electron chi connectivity index (χ4n) is 7.74. The van der Waals surface area contributed by atoms with Crippen LogP contribution in [0.2, 0.25) is 0 Å². The van der Waals surface area contributed by atoms with Crippen molar-refractivity contribution in [1.29, 1.82) is 0 Å². The number of carbonyl (C=O) groups excluding carboxylic acids is 1. The average Bonchev–Trinajstić information content (AvgIpc) is 3.25. The highest BCUT2D eigenvalue weighted by Crippen LogP contribution is 2.43. The van der Waals surface area contributed by atoms with E-state index >= 15 is 0 Å². The van der Waals surface area contributed by atoms with Crippen LogP contribution in [0.3, 0.4) is 0 Å². The number of esters is 1. The van der Waals surface area contributed by atoms with Crippen molar-refractivity contribution in [2.24, 2.45) is 5.73 Å². The van der Waals surface area contributed by atoms with E-state index in [1.807, 2.05) is 0 Å². The zero-order chi connectivity index (χ0) is 44.4. The van der Waals surface area contributed by atoms with Crippen LogP contribution in [0.5, 0.6) is 0 Å². The van der Waals surface area contributed by atoms with Crippen molar-refractivity contribution >= 4 is 13.8 Å². The molecule has 0 heterocycles. The van der Waals surface area contributed by atoms with Crippen LogP contribution in [-0.4, -0.2) is 49.9 Å². The lowest BCUT2D eigenvalue weighted by Crippen LogP contribution is -2.28. The molecule has 0 aromatic rings. The van der Waals surface area contributed by atoms with Gasteiger partial charge < -0.3 is 20.1 Å². The highest BCUT2D eigenvalue weighted by Gasteiger charge is 2.25. The minimum absolute atomic E-state index is 0.0934. The van der Waals surface area contributed by atoms with E-state index in [0.29, 0.717) is 13.0 Å². The van der Waals surface area contributed by atoms with Gasteiger partial charge in [-0.3, -0.25) is 13.8 Å². The van der Waals surface area contributed by atoms with Gasteiger partial charge in [0.25, 0.3) is 0 Å². The number of phosphoric acid groups is 1. The van der Waals surface area contributed by atoms with Crippen molar-refractivity contribution < 1.29 is 32.8 Å². The van der Waals surface area contributed by atoms with Gasteiger partial charge in [0.1, 0.15) is 6.10 Å². The molecule has 9 heteroatoms. The monoisotopic (exact) mass is 884 g/mol. The van der Waals surface area contributed by atoms with Crippen LogP contribution in [0.15, 0.2) is 24.3 Å². The summed E-state index contributed by atoms with van der Waals surface area (Å²) in [7, 11) is -4.28. The van der Waals surface area contributed by atoms with Gasteiger partial charge in [0.15, 0.2) is 0 Å². The maximum atomic E-state index is 12.7. The van der Waals surface area contributed by atoms with E-state index in [1.165, 1.54) is 205 Å². The quantitative estimate of drug-likeness (QED) is 0.0268. The molecule has 0 fully saturated rings.